The first-order valence-electron chi connectivity index (χ1n) is 6.24. The van der Waals surface area contributed by atoms with Crippen LogP contribution in [0.5, 0.6) is 11.5 Å². The number of phenolic OH excluding ortho intramolecular Hbond substituents is 1. The molecule has 0 saturated heterocycles. The van der Waals surface area contributed by atoms with Crippen molar-refractivity contribution < 1.29 is 9.84 Å². The van der Waals surface area contributed by atoms with E-state index in [1.54, 1.807) is 23.5 Å². The number of hydrogen-bond acceptors (Lipinski definition) is 4. The number of ether oxygens (including phenoxy) is 1. The highest BCUT2D eigenvalue weighted by Crippen LogP contribution is 2.28. The topological polar surface area (TPSA) is 42.4 Å². The summed E-state index contributed by atoms with van der Waals surface area (Å²) in [6.07, 6.45) is 0. The molecule has 0 aliphatic carbocycles. The molecule has 0 fully saturated rings. The van der Waals surface area contributed by atoms with Crippen molar-refractivity contribution in [3.63, 3.8) is 0 Å². The third kappa shape index (κ3) is 3.26. The molecule has 0 spiro atoms. The summed E-state index contributed by atoms with van der Waals surface area (Å²) in [5.41, 5.74) is 1.91. The van der Waals surface area contributed by atoms with Gasteiger partial charge in [0.1, 0.15) is 23.1 Å². The largest absolute Gasteiger partial charge is 0.508 e. The number of hydrogen-bond donors (Lipinski definition) is 1. The Bertz CT molecular complexity index is 570. The third-order valence-corrected chi connectivity index (χ3v) is 3.75. The first-order valence-corrected chi connectivity index (χ1v) is 7.12. The van der Waals surface area contributed by atoms with E-state index < -0.39 is 0 Å². The minimum absolute atomic E-state index is 0.0652. The SMILES string of the molecule is Cc1c(O)cccc1OCc1nc(C(C)(C)C)cs1. The van der Waals surface area contributed by atoms with Crippen molar-refractivity contribution >= 4 is 11.3 Å². The van der Waals surface area contributed by atoms with E-state index in [0.717, 1.165) is 16.3 Å². The highest BCUT2D eigenvalue weighted by Gasteiger charge is 2.17. The van der Waals surface area contributed by atoms with E-state index in [-0.39, 0.29) is 11.2 Å². The van der Waals surface area contributed by atoms with Crippen LogP contribution in [0.15, 0.2) is 23.6 Å². The number of phenols is 1. The van der Waals surface area contributed by atoms with Crippen molar-refractivity contribution in [2.24, 2.45) is 0 Å². The Morgan fingerprint density at radius 2 is 2.05 bits per heavy atom. The minimum atomic E-state index is 0.0652. The molecule has 0 radical (unpaired) electrons. The van der Waals surface area contributed by atoms with E-state index in [4.69, 9.17) is 4.74 Å². The maximum Gasteiger partial charge on any atom is 0.140 e. The maximum atomic E-state index is 9.62. The highest BCUT2D eigenvalue weighted by molar-refractivity contribution is 7.09. The van der Waals surface area contributed by atoms with Gasteiger partial charge >= 0.3 is 0 Å². The molecule has 0 bridgehead atoms. The summed E-state index contributed by atoms with van der Waals surface area (Å²) in [5, 5.41) is 12.6. The lowest BCUT2D eigenvalue weighted by Gasteiger charge is -2.14. The van der Waals surface area contributed by atoms with E-state index in [1.807, 2.05) is 13.0 Å². The van der Waals surface area contributed by atoms with Crippen LogP contribution in [0.3, 0.4) is 0 Å². The minimum Gasteiger partial charge on any atom is -0.508 e. The van der Waals surface area contributed by atoms with Gasteiger partial charge in [-0.15, -0.1) is 11.3 Å². The standard InChI is InChI=1S/C15H19NO2S/c1-10-11(17)6-5-7-12(10)18-8-14-16-13(9-19-14)15(2,3)4/h5-7,9,17H,8H2,1-4H3. The summed E-state index contributed by atoms with van der Waals surface area (Å²) in [5.74, 6) is 0.958. The predicted molar refractivity (Wildman–Crippen MR) is 78.0 cm³/mol. The third-order valence-electron chi connectivity index (χ3n) is 2.93. The van der Waals surface area contributed by atoms with Crippen molar-refractivity contribution in [3.05, 3.63) is 39.8 Å². The number of aromatic nitrogens is 1. The second-order valence-corrected chi connectivity index (χ2v) is 6.51. The van der Waals surface area contributed by atoms with E-state index >= 15 is 0 Å². The van der Waals surface area contributed by atoms with Gasteiger partial charge in [0.15, 0.2) is 0 Å². The zero-order valence-electron chi connectivity index (χ0n) is 11.7. The lowest BCUT2D eigenvalue weighted by atomic mass is 9.93. The van der Waals surface area contributed by atoms with Crippen LogP contribution < -0.4 is 4.74 Å². The quantitative estimate of drug-likeness (QED) is 0.921. The second-order valence-electron chi connectivity index (χ2n) is 5.57. The molecule has 0 amide bonds. The number of nitrogens with zero attached hydrogens (tertiary/aromatic N) is 1. The van der Waals surface area contributed by atoms with Crippen LogP contribution >= 0.6 is 11.3 Å². The Kier molecular flexibility index (Phi) is 3.80. The second kappa shape index (κ2) is 5.21. The van der Waals surface area contributed by atoms with E-state index in [9.17, 15) is 5.11 Å². The smallest absolute Gasteiger partial charge is 0.140 e. The molecule has 102 valence electrons. The molecule has 0 aliphatic rings. The fraction of sp³-hybridized carbons (Fsp3) is 0.400. The molecular weight excluding hydrogens is 258 g/mol. The monoisotopic (exact) mass is 277 g/mol. The fourth-order valence-corrected chi connectivity index (χ4v) is 2.55. The van der Waals surface area contributed by atoms with Crippen molar-refractivity contribution in [2.45, 2.75) is 39.7 Å². The van der Waals surface area contributed by atoms with Crippen molar-refractivity contribution in [1.82, 2.24) is 4.98 Å². The Labute approximate surface area is 117 Å². The number of rotatable bonds is 3. The van der Waals surface area contributed by atoms with Crippen LogP contribution in [0.25, 0.3) is 0 Å². The van der Waals surface area contributed by atoms with Gasteiger partial charge in [0.25, 0.3) is 0 Å². The lowest BCUT2D eigenvalue weighted by molar-refractivity contribution is 0.300. The van der Waals surface area contributed by atoms with Gasteiger partial charge in [-0.05, 0) is 19.1 Å². The van der Waals surface area contributed by atoms with Crippen LogP contribution in [0, 0.1) is 6.92 Å². The van der Waals surface area contributed by atoms with Crippen LogP contribution in [-0.4, -0.2) is 10.1 Å². The molecule has 19 heavy (non-hydrogen) atoms. The molecule has 0 unspecified atom stereocenters. The average Bonchev–Trinajstić information content (AvgIpc) is 2.79. The van der Waals surface area contributed by atoms with Gasteiger partial charge < -0.3 is 9.84 Å². The summed E-state index contributed by atoms with van der Waals surface area (Å²) >= 11 is 1.61. The van der Waals surface area contributed by atoms with Gasteiger partial charge in [0.2, 0.25) is 0 Å². The van der Waals surface area contributed by atoms with Gasteiger partial charge in [0.05, 0.1) is 5.69 Å². The van der Waals surface area contributed by atoms with Crippen molar-refractivity contribution in [3.8, 4) is 11.5 Å². The lowest BCUT2D eigenvalue weighted by Crippen LogP contribution is -2.11. The van der Waals surface area contributed by atoms with Gasteiger partial charge in [-0.3, -0.25) is 0 Å². The predicted octanol–water partition coefficient (Wildman–Crippen LogP) is 4.03. The maximum absolute atomic E-state index is 9.62. The Morgan fingerprint density at radius 1 is 1.32 bits per heavy atom. The zero-order chi connectivity index (χ0) is 14.0. The number of aromatic hydroxyl groups is 1. The molecule has 1 heterocycles. The molecule has 1 aromatic carbocycles. The highest BCUT2D eigenvalue weighted by atomic mass is 32.1. The van der Waals surface area contributed by atoms with Gasteiger partial charge in [-0.1, -0.05) is 26.8 Å². The normalized spacial score (nSPS) is 11.6. The summed E-state index contributed by atoms with van der Waals surface area (Å²) < 4.78 is 5.72. The van der Waals surface area contributed by atoms with Gasteiger partial charge in [0, 0.05) is 16.4 Å². The molecule has 0 aliphatic heterocycles. The van der Waals surface area contributed by atoms with Crippen molar-refractivity contribution in [1.29, 1.82) is 0 Å². The Morgan fingerprint density at radius 3 is 2.68 bits per heavy atom. The number of thiazole rings is 1. The van der Waals surface area contributed by atoms with Crippen LogP contribution in [0.2, 0.25) is 0 Å². The first kappa shape index (κ1) is 13.9. The van der Waals surface area contributed by atoms with E-state index in [1.165, 1.54) is 0 Å². The molecule has 0 atom stereocenters. The summed E-state index contributed by atoms with van der Waals surface area (Å²) in [4.78, 5) is 4.58. The van der Waals surface area contributed by atoms with Crippen LogP contribution in [0.4, 0.5) is 0 Å². The first-order chi connectivity index (χ1) is 8.88. The van der Waals surface area contributed by atoms with Crippen LogP contribution in [0.1, 0.15) is 37.0 Å². The molecule has 2 rings (SSSR count). The molecule has 4 heteroatoms. The summed E-state index contributed by atoms with van der Waals surface area (Å²) in [7, 11) is 0. The molecular formula is C15H19NO2S. The van der Waals surface area contributed by atoms with Crippen LogP contribution in [-0.2, 0) is 12.0 Å². The van der Waals surface area contributed by atoms with Crippen molar-refractivity contribution in [2.75, 3.05) is 0 Å². The summed E-state index contributed by atoms with van der Waals surface area (Å²) in [6, 6.07) is 5.29. The molecule has 2 aromatic rings. The summed E-state index contributed by atoms with van der Waals surface area (Å²) in [6.45, 7) is 8.71. The molecule has 3 nitrogen and oxygen atoms in total. The molecule has 1 aromatic heterocycles. The zero-order valence-corrected chi connectivity index (χ0v) is 12.5. The average molecular weight is 277 g/mol. The Balaban J connectivity index is 2.07. The molecule has 1 N–H and O–H groups in total. The van der Waals surface area contributed by atoms with Gasteiger partial charge in [-0.2, -0.15) is 0 Å². The van der Waals surface area contributed by atoms with E-state index in [2.05, 4.69) is 31.1 Å². The molecule has 0 saturated carbocycles. The van der Waals surface area contributed by atoms with E-state index in [0.29, 0.717) is 12.4 Å². The fourth-order valence-electron chi connectivity index (χ4n) is 1.62. The van der Waals surface area contributed by atoms with Gasteiger partial charge in [-0.25, -0.2) is 4.98 Å². The number of benzene rings is 1. The Hall–Kier alpha value is -1.55.